The van der Waals surface area contributed by atoms with Crippen molar-refractivity contribution in [3.63, 3.8) is 0 Å². The monoisotopic (exact) mass is 264 g/mol. The zero-order valence-corrected chi connectivity index (χ0v) is 12.0. The van der Waals surface area contributed by atoms with E-state index < -0.39 is 16.2 Å². The third kappa shape index (κ3) is 10.8. The number of hydrogen-bond acceptors (Lipinski definition) is 3. The normalized spacial score (nSPS) is 11.6. The van der Waals surface area contributed by atoms with E-state index in [1.165, 1.54) is 0 Å². The van der Waals surface area contributed by atoms with Crippen LogP contribution in [0.1, 0.15) is 41.5 Å². The number of rotatable bonds is 6. The zero-order chi connectivity index (χ0) is 10.4. The smallest absolute Gasteiger partial charge is 0.147 e. The minimum absolute atomic E-state index is 0. The van der Waals surface area contributed by atoms with Gasteiger partial charge in [-0.2, -0.15) is 0 Å². The first-order chi connectivity index (χ1) is 5.91. The molecule has 0 aliphatic heterocycles. The van der Waals surface area contributed by atoms with E-state index in [1.54, 1.807) is 0 Å². The van der Waals surface area contributed by atoms with E-state index in [0.29, 0.717) is 0 Å². The molecule has 0 aromatic heterocycles. The van der Waals surface area contributed by atoms with Crippen LogP contribution in [0.3, 0.4) is 0 Å². The van der Waals surface area contributed by atoms with Gasteiger partial charge in [-0.25, -0.2) is 0 Å². The first-order valence-corrected chi connectivity index (χ1v) is 6.43. The van der Waals surface area contributed by atoms with Crippen LogP contribution in [0.5, 0.6) is 0 Å². The van der Waals surface area contributed by atoms with Gasteiger partial charge in [-0.1, -0.05) is 0 Å². The fourth-order valence-electron chi connectivity index (χ4n) is 0.591. The Morgan fingerprint density at radius 1 is 0.643 bits per heavy atom. The van der Waals surface area contributed by atoms with Crippen LogP contribution in [0.2, 0.25) is 0 Å². The Labute approximate surface area is 99.5 Å². The molecule has 0 unspecified atom stereocenters. The topological polar surface area (TPSA) is 27.7 Å². The van der Waals surface area contributed by atoms with Crippen molar-refractivity contribution in [2.45, 2.75) is 59.9 Å². The van der Waals surface area contributed by atoms with E-state index in [-0.39, 0.29) is 30.7 Å². The summed E-state index contributed by atoms with van der Waals surface area (Å²) in [6.45, 7) is 12.0. The molecule has 0 radical (unpaired) electrons. The summed E-state index contributed by atoms with van der Waals surface area (Å²) in [5, 5.41) is 0. The molecule has 0 aliphatic rings. The summed E-state index contributed by atoms with van der Waals surface area (Å²) in [6.07, 6.45) is 0.535. The zero-order valence-electron chi connectivity index (χ0n) is 9.81. The Kier molecular flexibility index (Phi) is 11.0. The van der Waals surface area contributed by atoms with Crippen molar-refractivity contribution in [3.05, 3.63) is 0 Å². The van der Waals surface area contributed by atoms with Gasteiger partial charge in [0.05, 0.1) is 0 Å². The quantitative estimate of drug-likeness (QED) is 0.738. The summed E-state index contributed by atoms with van der Waals surface area (Å²) in [7, 11) is 0. The van der Waals surface area contributed by atoms with Gasteiger partial charge in [0.1, 0.15) is 0 Å². The minimum Gasteiger partial charge on any atom is -0.147 e. The molecule has 0 atom stereocenters. The second kappa shape index (κ2) is 9.01. The molecule has 0 aromatic rings. The van der Waals surface area contributed by atoms with Gasteiger partial charge in [0.25, 0.3) is 0 Å². The molecule has 3 nitrogen and oxygen atoms in total. The van der Waals surface area contributed by atoms with Gasteiger partial charge in [-0.05, 0) is 0 Å². The molecular formula is C9H22ClO3V. The molecule has 14 heavy (non-hydrogen) atoms. The molecule has 0 saturated carbocycles. The van der Waals surface area contributed by atoms with Crippen molar-refractivity contribution >= 4 is 12.4 Å². The van der Waals surface area contributed by atoms with Crippen LogP contribution < -0.4 is 0 Å². The third-order valence-corrected chi connectivity index (χ3v) is 3.67. The molecule has 5 heteroatoms. The minimum atomic E-state index is -1.98. The van der Waals surface area contributed by atoms with Gasteiger partial charge >= 0.3 is 87.1 Å². The predicted octanol–water partition coefficient (Wildman–Crippen LogP) is 3.05. The Morgan fingerprint density at radius 3 is 1.00 bits per heavy atom. The molecule has 0 heterocycles. The van der Waals surface area contributed by atoms with Crippen molar-refractivity contribution in [1.82, 2.24) is 0 Å². The van der Waals surface area contributed by atoms with Gasteiger partial charge < -0.3 is 0 Å². The van der Waals surface area contributed by atoms with Crippen molar-refractivity contribution in [2.24, 2.45) is 0 Å². The van der Waals surface area contributed by atoms with Crippen molar-refractivity contribution in [3.8, 4) is 0 Å². The van der Waals surface area contributed by atoms with Gasteiger partial charge in [0.15, 0.2) is 0 Å². The fourth-order valence-corrected chi connectivity index (χ4v) is 2.44. The summed E-state index contributed by atoms with van der Waals surface area (Å²) in [6, 6.07) is 0. The van der Waals surface area contributed by atoms with Crippen LogP contribution in [0.4, 0.5) is 0 Å². The number of halogens is 1. The fraction of sp³-hybridized carbons (Fsp3) is 1.00. The first kappa shape index (κ1) is 17.2. The van der Waals surface area contributed by atoms with Crippen LogP contribution in [-0.2, 0) is 27.2 Å². The molecule has 0 fully saturated rings. The van der Waals surface area contributed by atoms with Crippen LogP contribution in [0.15, 0.2) is 0 Å². The first-order valence-electron chi connectivity index (χ1n) is 4.72. The van der Waals surface area contributed by atoms with E-state index >= 15 is 0 Å². The van der Waals surface area contributed by atoms with Crippen molar-refractivity contribution in [1.29, 1.82) is 0 Å². The van der Waals surface area contributed by atoms with E-state index in [4.69, 9.17) is 11.0 Å². The van der Waals surface area contributed by atoms with Crippen molar-refractivity contribution in [2.75, 3.05) is 0 Å². The maximum atomic E-state index is 5.57. The second-order valence-electron chi connectivity index (χ2n) is 3.69. The second-order valence-corrected chi connectivity index (χ2v) is 5.37. The SMILES string of the molecule is CC(C)[O][V]([O]C(C)C)[O]C(C)C.Cl. The maximum Gasteiger partial charge on any atom is -0.147 e. The van der Waals surface area contributed by atoms with Crippen LogP contribution in [0, 0.1) is 0 Å². The molecule has 0 aromatic carbocycles. The average Bonchev–Trinajstić information content (AvgIpc) is 1.80. The van der Waals surface area contributed by atoms with Gasteiger partial charge in [-0.3, -0.25) is 0 Å². The predicted molar refractivity (Wildman–Crippen MR) is 55.9 cm³/mol. The molecule has 0 saturated heterocycles. The van der Waals surface area contributed by atoms with E-state index in [9.17, 15) is 0 Å². The maximum absolute atomic E-state index is 5.57. The molecular weight excluding hydrogens is 242 g/mol. The van der Waals surface area contributed by atoms with E-state index in [2.05, 4.69) is 0 Å². The molecule has 0 spiro atoms. The summed E-state index contributed by atoms with van der Waals surface area (Å²) in [5.41, 5.74) is 0. The van der Waals surface area contributed by atoms with Crippen LogP contribution in [0.25, 0.3) is 0 Å². The molecule has 0 rings (SSSR count). The van der Waals surface area contributed by atoms with Crippen molar-refractivity contribution < 1.29 is 27.2 Å². The molecule has 0 N–H and O–H groups in total. The standard InChI is InChI=1S/3C3H7O.ClH.V/c3*1-3(2)4;;/h3*3H,1-2H3;1H;/q3*-1;;+3. The van der Waals surface area contributed by atoms with Gasteiger partial charge in [-0.15, -0.1) is 12.4 Å². The van der Waals surface area contributed by atoms with Crippen LogP contribution in [-0.4, -0.2) is 18.3 Å². The molecule has 88 valence electrons. The van der Waals surface area contributed by atoms with Gasteiger partial charge in [0, 0.05) is 0 Å². The van der Waals surface area contributed by atoms with Gasteiger partial charge in [0.2, 0.25) is 0 Å². The van der Waals surface area contributed by atoms with E-state index in [1.807, 2.05) is 41.5 Å². The van der Waals surface area contributed by atoms with Crippen LogP contribution >= 0.6 is 12.4 Å². The summed E-state index contributed by atoms with van der Waals surface area (Å²) < 4.78 is 16.7. The third-order valence-electron chi connectivity index (χ3n) is 0.891. The van der Waals surface area contributed by atoms with E-state index in [0.717, 1.165) is 0 Å². The molecule has 0 aliphatic carbocycles. The largest absolute Gasteiger partial charge is 0.147 e. The Morgan fingerprint density at radius 2 is 0.857 bits per heavy atom. The Hall–Kier alpha value is 0.754. The summed E-state index contributed by atoms with van der Waals surface area (Å²) in [5.74, 6) is 0. The number of hydrogen-bond donors (Lipinski definition) is 0. The Bertz CT molecular complexity index is 107. The molecule has 0 bridgehead atoms. The summed E-state index contributed by atoms with van der Waals surface area (Å²) in [4.78, 5) is 0. The Balaban J connectivity index is 0. The molecule has 0 amide bonds. The average molecular weight is 265 g/mol. The summed E-state index contributed by atoms with van der Waals surface area (Å²) >= 11 is -1.98.